The third-order valence-electron chi connectivity index (χ3n) is 5.38. The monoisotopic (exact) mass is 339 g/mol. The summed E-state index contributed by atoms with van der Waals surface area (Å²) in [5.41, 5.74) is 1.59. The number of carbonyl (C=O) groups excluding carboxylic acids is 1. The molecule has 25 heavy (non-hydrogen) atoms. The molecule has 2 atom stereocenters. The number of fused-ring (bicyclic) bond motifs is 1. The first-order valence-electron chi connectivity index (χ1n) is 9.14. The Morgan fingerprint density at radius 3 is 2.84 bits per heavy atom. The van der Waals surface area contributed by atoms with Crippen LogP contribution in [-0.4, -0.2) is 43.2 Å². The third kappa shape index (κ3) is 3.33. The van der Waals surface area contributed by atoms with Crippen LogP contribution in [0.2, 0.25) is 0 Å². The molecule has 1 aliphatic heterocycles. The molecule has 5 nitrogen and oxygen atoms in total. The van der Waals surface area contributed by atoms with Crippen LogP contribution in [0.25, 0.3) is 10.9 Å². The van der Waals surface area contributed by atoms with Crippen molar-refractivity contribution >= 4 is 22.6 Å². The molecule has 2 aliphatic rings. The van der Waals surface area contributed by atoms with Gasteiger partial charge < -0.3 is 15.0 Å². The van der Waals surface area contributed by atoms with Gasteiger partial charge in [0.15, 0.2) is 0 Å². The normalized spacial score (nSPS) is 23.7. The summed E-state index contributed by atoms with van der Waals surface area (Å²) in [7, 11) is 1.77. The van der Waals surface area contributed by atoms with Crippen molar-refractivity contribution in [3.8, 4) is 0 Å². The Morgan fingerprint density at radius 1 is 1.28 bits per heavy atom. The number of anilines is 1. The fourth-order valence-corrected chi connectivity index (χ4v) is 3.55. The van der Waals surface area contributed by atoms with Crippen LogP contribution in [0, 0.1) is 5.92 Å². The van der Waals surface area contributed by atoms with E-state index < -0.39 is 0 Å². The van der Waals surface area contributed by atoms with Crippen molar-refractivity contribution in [2.24, 2.45) is 5.92 Å². The van der Waals surface area contributed by atoms with Crippen LogP contribution >= 0.6 is 0 Å². The Morgan fingerprint density at radius 2 is 2.08 bits per heavy atom. The number of para-hydroxylation sites is 1. The molecule has 2 heterocycles. The first-order chi connectivity index (χ1) is 12.2. The summed E-state index contributed by atoms with van der Waals surface area (Å²) in [5.74, 6) is 1.42. The molecule has 0 spiro atoms. The van der Waals surface area contributed by atoms with E-state index >= 15 is 0 Å². The molecule has 0 radical (unpaired) electrons. The van der Waals surface area contributed by atoms with Crippen LogP contribution in [0.1, 0.15) is 36.5 Å². The SMILES string of the molecule is COC1CN(c2cc(C(=O)NC3CC3)c3ccccc3n2)CCC1C. The minimum Gasteiger partial charge on any atom is -0.379 e. The van der Waals surface area contributed by atoms with Gasteiger partial charge in [0, 0.05) is 31.6 Å². The average Bonchev–Trinajstić information content (AvgIpc) is 3.45. The molecule has 1 amide bonds. The zero-order valence-corrected chi connectivity index (χ0v) is 14.9. The van der Waals surface area contributed by atoms with Crippen molar-refractivity contribution in [2.75, 3.05) is 25.1 Å². The second-order valence-electron chi connectivity index (χ2n) is 7.28. The summed E-state index contributed by atoms with van der Waals surface area (Å²) >= 11 is 0. The molecular formula is C20H25N3O2. The quantitative estimate of drug-likeness (QED) is 0.930. The molecule has 1 aliphatic carbocycles. The van der Waals surface area contributed by atoms with Crippen LogP contribution in [0.5, 0.6) is 0 Å². The number of nitrogens with zero attached hydrogens (tertiary/aromatic N) is 2. The van der Waals surface area contributed by atoms with Gasteiger partial charge in [-0.2, -0.15) is 0 Å². The number of ether oxygens (including phenoxy) is 1. The highest BCUT2D eigenvalue weighted by atomic mass is 16.5. The Balaban J connectivity index is 1.70. The number of aromatic nitrogens is 1. The lowest BCUT2D eigenvalue weighted by atomic mass is 9.95. The maximum Gasteiger partial charge on any atom is 0.252 e. The maximum absolute atomic E-state index is 12.7. The number of pyridine rings is 1. The van der Waals surface area contributed by atoms with E-state index in [0.717, 1.165) is 54.6 Å². The molecular weight excluding hydrogens is 314 g/mol. The highest BCUT2D eigenvalue weighted by molar-refractivity contribution is 6.07. The second kappa shape index (κ2) is 6.64. The summed E-state index contributed by atoms with van der Waals surface area (Å²) in [6.07, 6.45) is 3.43. The fraction of sp³-hybridized carbons (Fsp3) is 0.500. The summed E-state index contributed by atoms with van der Waals surface area (Å²) in [6.45, 7) is 3.98. The largest absolute Gasteiger partial charge is 0.379 e. The fourth-order valence-electron chi connectivity index (χ4n) is 3.55. The zero-order chi connectivity index (χ0) is 17.4. The van der Waals surface area contributed by atoms with Crippen molar-refractivity contribution in [1.29, 1.82) is 0 Å². The topological polar surface area (TPSA) is 54.5 Å². The molecule has 1 aromatic carbocycles. The summed E-state index contributed by atoms with van der Waals surface area (Å²) < 4.78 is 5.63. The van der Waals surface area contributed by atoms with Crippen molar-refractivity contribution < 1.29 is 9.53 Å². The lowest BCUT2D eigenvalue weighted by Gasteiger charge is -2.37. The van der Waals surface area contributed by atoms with Crippen LogP contribution in [-0.2, 0) is 4.74 Å². The maximum atomic E-state index is 12.7. The number of benzene rings is 1. The highest BCUT2D eigenvalue weighted by Gasteiger charge is 2.29. The Hall–Kier alpha value is -2.14. The molecule has 2 fully saturated rings. The van der Waals surface area contributed by atoms with Gasteiger partial charge >= 0.3 is 0 Å². The lowest BCUT2D eigenvalue weighted by molar-refractivity contribution is 0.0496. The molecule has 2 unspecified atom stereocenters. The van der Waals surface area contributed by atoms with E-state index in [-0.39, 0.29) is 12.0 Å². The van der Waals surface area contributed by atoms with E-state index in [4.69, 9.17) is 9.72 Å². The number of amides is 1. The Kier molecular flexibility index (Phi) is 4.34. The van der Waals surface area contributed by atoms with Gasteiger partial charge in [0.25, 0.3) is 5.91 Å². The van der Waals surface area contributed by atoms with E-state index in [0.29, 0.717) is 12.0 Å². The van der Waals surface area contributed by atoms with Crippen LogP contribution in [0.3, 0.4) is 0 Å². The minimum absolute atomic E-state index is 0.0102. The van der Waals surface area contributed by atoms with Crippen molar-refractivity contribution in [3.05, 3.63) is 35.9 Å². The van der Waals surface area contributed by atoms with Gasteiger partial charge in [-0.05, 0) is 37.3 Å². The summed E-state index contributed by atoms with van der Waals surface area (Å²) in [6, 6.07) is 10.2. The molecule has 2 aromatic rings. The molecule has 0 bridgehead atoms. The molecule has 132 valence electrons. The van der Waals surface area contributed by atoms with Crippen molar-refractivity contribution in [1.82, 2.24) is 10.3 Å². The third-order valence-corrected chi connectivity index (χ3v) is 5.38. The number of nitrogens with one attached hydrogen (secondary N) is 1. The number of rotatable bonds is 4. The number of hydrogen-bond acceptors (Lipinski definition) is 4. The van der Waals surface area contributed by atoms with Crippen LogP contribution in [0.4, 0.5) is 5.82 Å². The zero-order valence-electron chi connectivity index (χ0n) is 14.9. The van der Waals surface area contributed by atoms with Crippen LogP contribution in [0.15, 0.2) is 30.3 Å². The highest BCUT2D eigenvalue weighted by Crippen LogP contribution is 2.28. The second-order valence-corrected chi connectivity index (χ2v) is 7.28. The van der Waals surface area contributed by atoms with E-state index in [2.05, 4.69) is 17.1 Å². The Labute approximate surface area is 148 Å². The van der Waals surface area contributed by atoms with Gasteiger partial charge in [-0.1, -0.05) is 25.1 Å². The molecule has 1 aromatic heterocycles. The van der Waals surface area contributed by atoms with E-state index in [9.17, 15) is 4.79 Å². The predicted molar refractivity (Wildman–Crippen MR) is 99.0 cm³/mol. The van der Waals surface area contributed by atoms with Gasteiger partial charge in [0.1, 0.15) is 5.82 Å². The van der Waals surface area contributed by atoms with Crippen LogP contribution < -0.4 is 10.2 Å². The molecule has 1 saturated heterocycles. The predicted octanol–water partition coefficient (Wildman–Crippen LogP) is 2.99. The standard InChI is InChI=1S/C20H25N3O2/c1-13-9-10-23(12-18(13)25-2)19-11-16(20(24)21-14-7-8-14)15-5-3-4-6-17(15)22-19/h3-6,11,13-14,18H,7-10,12H2,1-2H3,(H,21,24). The molecule has 1 saturated carbocycles. The minimum atomic E-state index is 0.0102. The first-order valence-corrected chi connectivity index (χ1v) is 9.14. The van der Waals surface area contributed by atoms with Gasteiger partial charge in [-0.15, -0.1) is 0 Å². The van der Waals surface area contributed by atoms with E-state index in [1.54, 1.807) is 7.11 Å². The molecule has 4 rings (SSSR count). The number of methoxy groups -OCH3 is 1. The average molecular weight is 339 g/mol. The number of hydrogen-bond donors (Lipinski definition) is 1. The van der Waals surface area contributed by atoms with E-state index in [1.165, 1.54) is 0 Å². The van der Waals surface area contributed by atoms with E-state index in [1.807, 2.05) is 30.3 Å². The first kappa shape index (κ1) is 16.3. The van der Waals surface area contributed by atoms with Gasteiger partial charge in [-0.3, -0.25) is 4.79 Å². The smallest absolute Gasteiger partial charge is 0.252 e. The number of piperidine rings is 1. The lowest BCUT2D eigenvalue weighted by Crippen LogP contribution is -2.44. The Bertz CT molecular complexity index is 788. The summed E-state index contributed by atoms with van der Waals surface area (Å²) in [4.78, 5) is 19.8. The van der Waals surface area contributed by atoms with Crippen molar-refractivity contribution in [2.45, 2.75) is 38.3 Å². The van der Waals surface area contributed by atoms with Gasteiger partial charge in [-0.25, -0.2) is 4.98 Å². The van der Waals surface area contributed by atoms with Gasteiger partial charge in [0.05, 0.1) is 17.2 Å². The molecule has 1 N–H and O–H groups in total. The van der Waals surface area contributed by atoms with Gasteiger partial charge in [0.2, 0.25) is 0 Å². The molecule has 5 heteroatoms. The number of carbonyl (C=O) groups is 1. The van der Waals surface area contributed by atoms with Crippen molar-refractivity contribution in [3.63, 3.8) is 0 Å². The summed E-state index contributed by atoms with van der Waals surface area (Å²) in [5, 5.41) is 4.02.